The van der Waals surface area contributed by atoms with Gasteiger partial charge in [0.2, 0.25) is 0 Å². The zero-order chi connectivity index (χ0) is 16.4. The van der Waals surface area contributed by atoms with Gasteiger partial charge in [0.25, 0.3) is 0 Å². The minimum atomic E-state index is 0.0956. The van der Waals surface area contributed by atoms with Gasteiger partial charge in [-0.25, -0.2) is 9.78 Å². The summed E-state index contributed by atoms with van der Waals surface area (Å²) in [5.74, 6) is 0.966. The first kappa shape index (κ1) is 15.5. The molecule has 2 aromatic rings. The molecule has 0 radical (unpaired) electrons. The van der Waals surface area contributed by atoms with Crippen molar-refractivity contribution >= 4 is 6.03 Å². The molecular formula is C17H23N5O. The lowest BCUT2D eigenvalue weighted by Gasteiger charge is -2.35. The molecule has 2 aromatic heterocycles. The zero-order valence-electron chi connectivity index (χ0n) is 13.9. The van der Waals surface area contributed by atoms with E-state index in [1.165, 1.54) is 0 Å². The van der Waals surface area contributed by atoms with Crippen LogP contribution in [0.25, 0.3) is 11.4 Å². The first-order valence-corrected chi connectivity index (χ1v) is 7.98. The van der Waals surface area contributed by atoms with Gasteiger partial charge in [0.15, 0.2) is 0 Å². The van der Waals surface area contributed by atoms with Gasteiger partial charge in [-0.05, 0) is 31.9 Å². The van der Waals surface area contributed by atoms with E-state index in [-0.39, 0.29) is 6.03 Å². The van der Waals surface area contributed by atoms with Crippen LogP contribution in [0.3, 0.4) is 0 Å². The molecule has 3 rings (SSSR count). The van der Waals surface area contributed by atoms with Crippen molar-refractivity contribution in [2.45, 2.75) is 25.8 Å². The van der Waals surface area contributed by atoms with Crippen LogP contribution in [0, 0.1) is 6.92 Å². The van der Waals surface area contributed by atoms with Crippen molar-refractivity contribution in [2.75, 3.05) is 27.2 Å². The van der Waals surface area contributed by atoms with E-state index >= 15 is 0 Å². The van der Waals surface area contributed by atoms with Gasteiger partial charge in [0.1, 0.15) is 5.82 Å². The molecule has 0 bridgehead atoms. The van der Waals surface area contributed by atoms with Gasteiger partial charge in [-0.2, -0.15) is 0 Å². The summed E-state index contributed by atoms with van der Waals surface area (Å²) >= 11 is 0. The molecule has 0 spiro atoms. The molecule has 0 aromatic carbocycles. The quantitative estimate of drug-likeness (QED) is 0.856. The van der Waals surface area contributed by atoms with Crippen LogP contribution in [0.1, 0.15) is 24.6 Å². The van der Waals surface area contributed by atoms with Crippen LogP contribution < -0.4 is 0 Å². The van der Waals surface area contributed by atoms with Gasteiger partial charge in [-0.1, -0.05) is 0 Å². The van der Waals surface area contributed by atoms with E-state index in [1.54, 1.807) is 25.2 Å². The smallest absolute Gasteiger partial charge is 0.319 e. The standard InChI is InChI=1S/C17H23N5O/c1-13-11-19-16(14-5-4-8-18-12-14)22(13)15-6-9-21(10-7-15)17(23)20(2)3/h4-5,8,11-12,15H,6-7,9-10H2,1-3H3. The monoisotopic (exact) mass is 313 g/mol. The molecule has 23 heavy (non-hydrogen) atoms. The van der Waals surface area contributed by atoms with E-state index in [0.717, 1.165) is 43.0 Å². The van der Waals surface area contributed by atoms with E-state index in [4.69, 9.17) is 0 Å². The third kappa shape index (κ3) is 3.06. The van der Waals surface area contributed by atoms with Gasteiger partial charge < -0.3 is 14.4 Å². The van der Waals surface area contributed by atoms with Crippen molar-refractivity contribution in [2.24, 2.45) is 0 Å². The predicted molar refractivity (Wildman–Crippen MR) is 89.1 cm³/mol. The molecule has 122 valence electrons. The number of piperidine rings is 1. The molecule has 0 aliphatic carbocycles. The largest absolute Gasteiger partial charge is 0.331 e. The van der Waals surface area contributed by atoms with Gasteiger partial charge in [0, 0.05) is 63.1 Å². The fraction of sp³-hybridized carbons (Fsp3) is 0.471. The van der Waals surface area contributed by atoms with Gasteiger partial charge in [-0.3, -0.25) is 4.98 Å². The highest BCUT2D eigenvalue weighted by Crippen LogP contribution is 2.30. The van der Waals surface area contributed by atoms with Crippen molar-refractivity contribution < 1.29 is 4.79 Å². The molecular weight excluding hydrogens is 290 g/mol. The maximum Gasteiger partial charge on any atom is 0.319 e. The van der Waals surface area contributed by atoms with Crippen LogP contribution in [0.4, 0.5) is 4.79 Å². The number of hydrogen-bond donors (Lipinski definition) is 0. The first-order chi connectivity index (χ1) is 11.1. The number of nitrogens with zero attached hydrogens (tertiary/aromatic N) is 5. The minimum Gasteiger partial charge on any atom is -0.331 e. The lowest BCUT2D eigenvalue weighted by molar-refractivity contribution is 0.148. The van der Waals surface area contributed by atoms with Crippen LogP contribution in [0.5, 0.6) is 0 Å². The van der Waals surface area contributed by atoms with Gasteiger partial charge in [0.05, 0.1) is 0 Å². The Hall–Kier alpha value is -2.37. The average Bonchev–Trinajstić information content (AvgIpc) is 2.96. The molecule has 0 atom stereocenters. The number of hydrogen-bond acceptors (Lipinski definition) is 3. The number of amides is 2. The number of rotatable bonds is 2. The summed E-state index contributed by atoms with van der Waals surface area (Å²) in [7, 11) is 3.60. The molecule has 1 saturated heterocycles. The fourth-order valence-corrected chi connectivity index (χ4v) is 3.21. The topological polar surface area (TPSA) is 54.3 Å². The van der Waals surface area contributed by atoms with Gasteiger partial charge in [-0.15, -0.1) is 0 Å². The van der Waals surface area contributed by atoms with Crippen LogP contribution in [0.15, 0.2) is 30.7 Å². The number of pyridine rings is 1. The van der Waals surface area contributed by atoms with E-state index in [2.05, 4.69) is 21.5 Å². The first-order valence-electron chi connectivity index (χ1n) is 7.98. The number of aryl methyl sites for hydroxylation is 1. The Morgan fingerprint density at radius 3 is 2.61 bits per heavy atom. The summed E-state index contributed by atoms with van der Waals surface area (Å²) in [6, 6.07) is 4.44. The van der Waals surface area contributed by atoms with Crippen molar-refractivity contribution in [3.8, 4) is 11.4 Å². The molecule has 6 heteroatoms. The second kappa shape index (κ2) is 6.40. The Balaban J connectivity index is 1.79. The van der Waals surface area contributed by atoms with E-state index in [9.17, 15) is 4.79 Å². The molecule has 2 amide bonds. The predicted octanol–water partition coefficient (Wildman–Crippen LogP) is 2.57. The van der Waals surface area contributed by atoms with E-state index in [0.29, 0.717) is 6.04 Å². The Labute approximate surface area is 136 Å². The third-order valence-corrected chi connectivity index (χ3v) is 4.38. The maximum atomic E-state index is 12.1. The summed E-state index contributed by atoms with van der Waals surface area (Å²) in [5.41, 5.74) is 2.19. The highest BCUT2D eigenvalue weighted by Gasteiger charge is 2.27. The number of carbonyl (C=O) groups is 1. The van der Waals surface area contributed by atoms with Crippen LogP contribution in [-0.2, 0) is 0 Å². The maximum absolute atomic E-state index is 12.1. The Morgan fingerprint density at radius 2 is 2.00 bits per heavy atom. The highest BCUT2D eigenvalue weighted by molar-refractivity contribution is 5.73. The Bertz CT molecular complexity index is 672. The Kier molecular flexibility index (Phi) is 4.32. The number of carbonyl (C=O) groups excluding carboxylic acids is 1. The number of aromatic nitrogens is 3. The second-order valence-electron chi connectivity index (χ2n) is 6.23. The number of likely N-dealkylation sites (tertiary alicyclic amines) is 1. The summed E-state index contributed by atoms with van der Waals surface area (Å²) in [6.07, 6.45) is 7.44. The summed E-state index contributed by atoms with van der Waals surface area (Å²) in [5, 5.41) is 0. The van der Waals surface area contributed by atoms with Crippen molar-refractivity contribution in [1.82, 2.24) is 24.3 Å². The van der Waals surface area contributed by atoms with Crippen molar-refractivity contribution in [3.63, 3.8) is 0 Å². The molecule has 0 saturated carbocycles. The Morgan fingerprint density at radius 1 is 1.26 bits per heavy atom. The highest BCUT2D eigenvalue weighted by atomic mass is 16.2. The van der Waals surface area contributed by atoms with Crippen molar-refractivity contribution in [3.05, 3.63) is 36.4 Å². The summed E-state index contributed by atoms with van der Waals surface area (Å²) in [6.45, 7) is 3.65. The average molecular weight is 313 g/mol. The van der Waals surface area contributed by atoms with Crippen molar-refractivity contribution in [1.29, 1.82) is 0 Å². The van der Waals surface area contributed by atoms with Crippen LogP contribution in [0.2, 0.25) is 0 Å². The zero-order valence-corrected chi connectivity index (χ0v) is 13.9. The van der Waals surface area contributed by atoms with Crippen LogP contribution in [-0.4, -0.2) is 57.6 Å². The SMILES string of the molecule is Cc1cnc(-c2cccnc2)n1C1CCN(C(=O)N(C)C)CC1. The minimum absolute atomic E-state index is 0.0956. The van der Waals surface area contributed by atoms with Gasteiger partial charge >= 0.3 is 6.03 Å². The summed E-state index contributed by atoms with van der Waals surface area (Å²) in [4.78, 5) is 24.4. The fourth-order valence-electron chi connectivity index (χ4n) is 3.21. The van der Waals surface area contributed by atoms with E-state index in [1.807, 2.05) is 29.4 Å². The molecule has 1 aliphatic heterocycles. The molecule has 1 fully saturated rings. The van der Waals surface area contributed by atoms with E-state index < -0.39 is 0 Å². The molecule has 1 aliphatic rings. The molecule has 3 heterocycles. The number of imidazole rings is 1. The molecule has 0 unspecified atom stereocenters. The lowest BCUT2D eigenvalue weighted by Crippen LogP contribution is -2.44. The van der Waals surface area contributed by atoms with Crippen LogP contribution >= 0.6 is 0 Å². The summed E-state index contributed by atoms with van der Waals surface area (Å²) < 4.78 is 2.30. The molecule has 0 N–H and O–H groups in total. The normalized spacial score (nSPS) is 15.7. The third-order valence-electron chi connectivity index (χ3n) is 4.38. The molecule has 6 nitrogen and oxygen atoms in total. The second-order valence-corrected chi connectivity index (χ2v) is 6.23. The lowest BCUT2D eigenvalue weighted by atomic mass is 10.0. The number of urea groups is 1.